The third-order valence-corrected chi connectivity index (χ3v) is 5.10. The Morgan fingerprint density at radius 1 is 1.39 bits per heavy atom. The maximum Gasteiger partial charge on any atom is 0.317 e. The number of nitrogens with one attached hydrogen (secondary N) is 1. The van der Waals surface area contributed by atoms with Gasteiger partial charge in [-0.15, -0.1) is 0 Å². The number of nitrogens with zero attached hydrogens (tertiary/aromatic N) is 1. The number of amides is 2. The van der Waals surface area contributed by atoms with Gasteiger partial charge in [-0.3, -0.25) is 0 Å². The number of benzene rings is 1. The van der Waals surface area contributed by atoms with Crippen LogP contribution in [-0.2, 0) is 22.4 Å². The molecule has 2 aliphatic heterocycles. The smallest absolute Gasteiger partial charge is 0.317 e. The molecule has 1 aromatic rings. The topological polar surface area (TPSA) is 50.8 Å². The molecule has 1 N–H and O–H groups in total. The molecule has 5 nitrogen and oxygen atoms in total. The van der Waals surface area contributed by atoms with E-state index in [0.717, 1.165) is 24.3 Å². The SMILES string of the molecule is COC1(CNC(=O)N2CCc3cc(Cl)ccc3C2)CCOCC1. The number of carbonyl (C=O) groups is 1. The Morgan fingerprint density at radius 2 is 2.17 bits per heavy atom. The Balaban J connectivity index is 1.58. The molecule has 1 saturated heterocycles. The number of carbonyl (C=O) groups excluding carboxylic acids is 1. The monoisotopic (exact) mass is 338 g/mol. The number of ether oxygens (including phenoxy) is 2. The Kier molecular flexibility index (Phi) is 5.09. The number of fused-ring (bicyclic) bond motifs is 1. The minimum absolute atomic E-state index is 0.0338. The molecule has 0 aromatic heterocycles. The Morgan fingerprint density at radius 3 is 2.91 bits per heavy atom. The molecular formula is C17H23ClN2O3. The van der Waals surface area contributed by atoms with Crippen molar-refractivity contribution in [1.29, 1.82) is 0 Å². The van der Waals surface area contributed by atoms with Gasteiger partial charge in [0, 0.05) is 57.8 Å². The molecule has 0 unspecified atom stereocenters. The van der Waals surface area contributed by atoms with E-state index >= 15 is 0 Å². The van der Waals surface area contributed by atoms with Gasteiger partial charge in [0.05, 0.1) is 5.60 Å². The van der Waals surface area contributed by atoms with Crippen LogP contribution in [0.25, 0.3) is 0 Å². The molecular weight excluding hydrogens is 316 g/mol. The maximum atomic E-state index is 12.5. The van der Waals surface area contributed by atoms with E-state index in [9.17, 15) is 4.79 Å². The summed E-state index contributed by atoms with van der Waals surface area (Å²) in [6.45, 7) is 3.22. The normalized spacial score (nSPS) is 20.0. The summed E-state index contributed by atoms with van der Waals surface area (Å²) in [7, 11) is 1.71. The van der Waals surface area contributed by atoms with Crippen molar-refractivity contribution >= 4 is 17.6 Å². The molecule has 2 heterocycles. The molecule has 6 heteroatoms. The Hall–Kier alpha value is -1.30. The molecule has 2 aliphatic rings. The van der Waals surface area contributed by atoms with Crippen LogP contribution in [0.5, 0.6) is 0 Å². The molecule has 3 rings (SSSR count). The lowest BCUT2D eigenvalue weighted by Gasteiger charge is -2.37. The van der Waals surface area contributed by atoms with Gasteiger partial charge in [0.25, 0.3) is 0 Å². The first kappa shape index (κ1) is 16.6. The fourth-order valence-electron chi connectivity index (χ4n) is 3.24. The lowest BCUT2D eigenvalue weighted by molar-refractivity contribution is -0.0864. The van der Waals surface area contributed by atoms with E-state index in [1.807, 2.05) is 23.1 Å². The van der Waals surface area contributed by atoms with Gasteiger partial charge in [-0.1, -0.05) is 17.7 Å². The van der Waals surface area contributed by atoms with Crippen LogP contribution in [-0.4, -0.2) is 49.9 Å². The zero-order valence-electron chi connectivity index (χ0n) is 13.4. The second-order valence-corrected chi connectivity index (χ2v) is 6.68. The van der Waals surface area contributed by atoms with E-state index in [0.29, 0.717) is 32.8 Å². The highest BCUT2D eigenvalue weighted by atomic mass is 35.5. The lowest BCUT2D eigenvalue weighted by atomic mass is 9.94. The quantitative estimate of drug-likeness (QED) is 0.921. The highest BCUT2D eigenvalue weighted by Crippen LogP contribution is 2.25. The molecule has 1 fully saturated rings. The van der Waals surface area contributed by atoms with Crippen LogP contribution in [0, 0.1) is 0 Å². The number of halogens is 1. The summed E-state index contributed by atoms with van der Waals surface area (Å²) in [6.07, 6.45) is 2.46. The predicted octanol–water partition coefficient (Wildman–Crippen LogP) is 2.60. The summed E-state index contributed by atoms with van der Waals surface area (Å²) in [5.41, 5.74) is 2.11. The number of rotatable bonds is 3. The third kappa shape index (κ3) is 3.79. The van der Waals surface area contributed by atoms with Crippen molar-refractivity contribution in [3.05, 3.63) is 34.3 Å². The van der Waals surface area contributed by atoms with Crippen molar-refractivity contribution in [1.82, 2.24) is 10.2 Å². The van der Waals surface area contributed by atoms with Crippen LogP contribution in [0.15, 0.2) is 18.2 Å². The number of urea groups is 1. The molecule has 0 aliphatic carbocycles. The Labute approximate surface area is 141 Å². The van der Waals surface area contributed by atoms with E-state index in [4.69, 9.17) is 21.1 Å². The van der Waals surface area contributed by atoms with Crippen molar-refractivity contribution < 1.29 is 14.3 Å². The second-order valence-electron chi connectivity index (χ2n) is 6.24. The lowest BCUT2D eigenvalue weighted by Crippen LogP contribution is -2.51. The van der Waals surface area contributed by atoms with Gasteiger partial charge in [-0.05, 0) is 29.7 Å². The van der Waals surface area contributed by atoms with Gasteiger partial charge >= 0.3 is 6.03 Å². The molecule has 23 heavy (non-hydrogen) atoms. The Bertz CT molecular complexity index is 573. The van der Waals surface area contributed by atoms with Crippen LogP contribution in [0.3, 0.4) is 0 Å². The maximum absolute atomic E-state index is 12.5. The molecule has 0 spiro atoms. The van der Waals surface area contributed by atoms with Crippen molar-refractivity contribution in [3.63, 3.8) is 0 Å². The summed E-state index contributed by atoms with van der Waals surface area (Å²) in [5, 5.41) is 3.79. The average Bonchev–Trinajstić information content (AvgIpc) is 2.60. The van der Waals surface area contributed by atoms with Crippen LogP contribution in [0.1, 0.15) is 24.0 Å². The molecule has 1 aromatic carbocycles. The molecule has 0 atom stereocenters. The standard InChI is InChI=1S/C17H23ClN2O3/c1-22-17(5-8-23-9-6-17)12-19-16(21)20-7-4-13-10-15(18)3-2-14(13)11-20/h2-3,10H,4-9,11-12H2,1H3,(H,19,21). The summed E-state index contributed by atoms with van der Waals surface area (Å²) in [6, 6.07) is 5.85. The first-order valence-electron chi connectivity index (χ1n) is 8.05. The minimum Gasteiger partial charge on any atom is -0.381 e. The fraction of sp³-hybridized carbons (Fsp3) is 0.588. The summed E-state index contributed by atoms with van der Waals surface area (Å²) >= 11 is 6.03. The zero-order valence-corrected chi connectivity index (χ0v) is 14.2. The third-order valence-electron chi connectivity index (χ3n) is 4.87. The van der Waals surface area contributed by atoms with Gasteiger partial charge in [0.15, 0.2) is 0 Å². The highest BCUT2D eigenvalue weighted by molar-refractivity contribution is 6.30. The first-order valence-corrected chi connectivity index (χ1v) is 8.43. The molecule has 2 amide bonds. The van der Waals surface area contributed by atoms with E-state index in [2.05, 4.69) is 5.32 Å². The summed E-state index contributed by atoms with van der Waals surface area (Å²) in [5.74, 6) is 0. The summed E-state index contributed by atoms with van der Waals surface area (Å²) < 4.78 is 11.0. The molecule has 126 valence electrons. The van der Waals surface area contributed by atoms with Crippen LogP contribution < -0.4 is 5.32 Å². The van der Waals surface area contributed by atoms with Crippen LogP contribution in [0.2, 0.25) is 5.02 Å². The van der Waals surface area contributed by atoms with Crippen molar-refractivity contribution in [2.45, 2.75) is 31.4 Å². The average molecular weight is 339 g/mol. The molecule has 0 bridgehead atoms. The zero-order chi connectivity index (χ0) is 16.3. The number of methoxy groups -OCH3 is 1. The van der Waals surface area contributed by atoms with Crippen molar-refractivity contribution in [2.24, 2.45) is 0 Å². The largest absolute Gasteiger partial charge is 0.381 e. The highest BCUT2D eigenvalue weighted by Gasteiger charge is 2.33. The van der Waals surface area contributed by atoms with Crippen molar-refractivity contribution in [3.8, 4) is 0 Å². The van der Waals surface area contributed by atoms with Crippen molar-refractivity contribution in [2.75, 3.05) is 33.4 Å². The van der Waals surface area contributed by atoms with E-state index in [1.54, 1.807) is 7.11 Å². The van der Waals surface area contributed by atoms with E-state index in [-0.39, 0.29) is 11.6 Å². The van der Waals surface area contributed by atoms with Gasteiger partial charge in [-0.2, -0.15) is 0 Å². The molecule has 0 radical (unpaired) electrons. The predicted molar refractivity (Wildman–Crippen MR) is 88.8 cm³/mol. The van der Waals surface area contributed by atoms with Gasteiger partial charge in [0.1, 0.15) is 0 Å². The minimum atomic E-state index is -0.296. The van der Waals surface area contributed by atoms with E-state index < -0.39 is 0 Å². The van der Waals surface area contributed by atoms with Crippen LogP contribution >= 0.6 is 11.6 Å². The molecule has 0 saturated carbocycles. The van der Waals surface area contributed by atoms with E-state index in [1.165, 1.54) is 11.1 Å². The van der Waals surface area contributed by atoms with Gasteiger partial charge < -0.3 is 19.7 Å². The van der Waals surface area contributed by atoms with Crippen LogP contribution in [0.4, 0.5) is 4.79 Å². The second kappa shape index (κ2) is 7.07. The van der Waals surface area contributed by atoms with Gasteiger partial charge in [-0.25, -0.2) is 4.79 Å². The van der Waals surface area contributed by atoms with Gasteiger partial charge in [0.2, 0.25) is 0 Å². The fourth-order valence-corrected chi connectivity index (χ4v) is 3.43. The summed E-state index contributed by atoms with van der Waals surface area (Å²) in [4.78, 5) is 14.3. The number of hydrogen-bond donors (Lipinski definition) is 1. The first-order chi connectivity index (χ1) is 11.1. The number of hydrogen-bond acceptors (Lipinski definition) is 3.